The molecule has 1 saturated carbocycles. The number of halogens is 2. The van der Waals surface area contributed by atoms with Crippen LogP contribution < -0.4 is 10.6 Å². The molecule has 2 aromatic rings. The van der Waals surface area contributed by atoms with Gasteiger partial charge < -0.3 is 10.6 Å². The average molecular weight is 350 g/mol. The van der Waals surface area contributed by atoms with Crippen molar-refractivity contribution in [1.82, 2.24) is 10.3 Å². The van der Waals surface area contributed by atoms with Gasteiger partial charge in [-0.3, -0.25) is 9.78 Å². The number of amides is 1. The maximum absolute atomic E-state index is 12.3. The van der Waals surface area contributed by atoms with E-state index in [-0.39, 0.29) is 11.9 Å². The predicted molar refractivity (Wildman–Crippen MR) is 93.7 cm³/mol. The van der Waals surface area contributed by atoms with Gasteiger partial charge in [0.2, 0.25) is 0 Å². The van der Waals surface area contributed by atoms with Crippen LogP contribution in [0.2, 0.25) is 10.0 Å². The number of carbonyl (C=O) groups excluding carboxylic acids is 1. The van der Waals surface area contributed by atoms with Gasteiger partial charge in [0.05, 0.1) is 28.2 Å². The van der Waals surface area contributed by atoms with Crippen LogP contribution in [0.4, 0.5) is 11.4 Å². The molecule has 2 N–H and O–H groups in total. The summed E-state index contributed by atoms with van der Waals surface area (Å²) in [4.78, 5) is 16.4. The summed E-state index contributed by atoms with van der Waals surface area (Å²) in [6, 6.07) is 7.21. The van der Waals surface area contributed by atoms with E-state index >= 15 is 0 Å². The van der Waals surface area contributed by atoms with Crippen LogP contribution in [0, 0.1) is 0 Å². The standard InChI is InChI=1S/C17H17Cl2N3O/c18-12-5-6-15(19)16(8-12)21-14-7-11(9-20-10-14)17(23)22-13-3-1-2-4-13/h5-10,13,21H,1-4H2,(H,22,23). The van der Waals surface area contributed by atoms with Gasteiger partial charge in [-0.05, 0) is 37.1 Å². The first-order valence-corrected chi connectivity index (χ1v) is 8.35. The molecular weight excluding hydrogens is 333 g/mol. The highest BCUT2D eigenvalue weighted by molar-refractivity contribution is 6.35. The Labute approximate surface area is 145 Å². The van der Waals surface area contributed by atoms with Gasteiger partial charge in [-0.15, -0.1) is 0 Å². The molecule has 1 amide bonds. The lowest BCUT2D eigenvalue weighted by Crippen LogP contribution is -2.32. The highest BCUT2D eigenvalue weighted by Gasteiger charge is 2.18. The number of anilines is 2. The normalized spacial score (nSPS) is 14.7. The van der Waals surface area contributed by atoms with Crippen LogP contribution >= 0.6 is 23.2 Å². The Morgan fingerprint density at radius 1 is 1.13 bits per heavy atom. The van der Waals surface area contributed by atoms with Gasteiger partial charge in [0.1, 0.15) is 0 Å². The zero-order chi connectivity index (χ0) is 16.2. The molecular formula is C17H17Cl2N3O. The van der Waals surface area contributed by atoms with E-state index in [9.17, 15) is 4.79 Å². The maximum atomic E-state index is 12.3. The number of rotatable bonds is 4. The molecule has 1 heterocycles. The van der Waals surface area contributed by atoms with Crippen molar-refractivity contribution < 1.29 is 4.79 Å². The molecule has 1 aliphatic rings. The van der Waals surface area contributed by atoms with Gasteiger partial charge in [0.25, 0.3) is 5.91 Å². The fraction of sp³-hybridized carbons (Fsp3) is 0.294. The molecule has 1 aromatic heterocycles. The minimum atomic E-state index is -0.0924. The molecule has 1 fully saturated rings. The third-order valence-electron chi connectivity index (χ3n) is 3.90. The first-order chi connectivity index (χ1) is 11.1. The molecule has 3 rings (SSSR count). The van der Waals surface area contributed by atoms with Crippen LogP contribution in [0.25, 0.3) is 0 Å². The molecule has 0 aliphatic heterocycles. The second kappa shape index (κ2) is 7.20. The smallest absolute Gasteiger partial charge is 0.253 e. The number of hydrogen-bond donors (Lipinski definition) is 2. The Morgan fingerprint density at radius 2 is 1.91 bits per heavy atom. The number of carbonyl (C=O) groups is 1. The zero-order valence-electron chi connectivity index (χ0n) is 12.5. The molecule has 6 heteroatoms. The van der Waals surface area contributed by atoms with Crippen LogP contribution in [-0.2, 0) is 0 Å². The van der Waals surface area contributed by atoms with Gasteiger partial charge >= 0.3 is 0 Å². The monoisotopic (exact) mass is 349 g/mol. The van der Waals surface area contributed by atoms with E-state index < -0.39 is 0 Å². The number of pyridine rings is 1. The third-order valence-corrected chi connectivity index (χ3v) is 4.46. The summed E-state index contributed by atoms with van der Waals surface area (Å²) in [6.45, 7) is 0. The Balaban J connectivity index is 1.74. The fourth-order valence-electron chi connectivity index (χ4n) is 2.72. The largest absolute Gasteiger partial charge is 0.353 e. The topological polar surface area (TPSA) is 54.0 Å². The van der Waals surface area contributed by atoms with Crippen molar-refractivity contribution in [1.29, 1.82) is 0 Å². The second-order valence-electron chi connectivity index (χ2n) is 5.67. The minimum absolute atomic E-state index is 0.0924. The quantitative estimate of drug-likeness (QED) is 0.832. The molecule has 0 radical (unpaired) electrons. The maximum Gasteiger partial charge on any atom is 0.253 e. The average Bonchev–Trinajstić information content (AvgIpc) is 3.04. The van der Waals surface area contributed by atoms with Crippen molar-refractivity contribution in [2.45, 2.75) is 31.7 Å². The summed E-state index contributed by atoms with van der Waals surface area (Å²) in [5.74, 6) is -0.0924. The van der Waals surface area contributed by atoms with Gasteiger partial charge in [-0.2, -0.15) is 0 Å². The van der Waals surface area contributed by atoms with Gasteiger partial charge in [-0.25, -0.2) is 0 Å². The van der Waals surface area contributed by atoms with Crippen LogP contribution in [0.1, 0.15) is 36.0 Å². The van der Waals surface area contributed by atoms with E-state index in [1.54, 1.807) is 36.7 Å². The van der Waals surface area contributed by atoms with E-state index in [2.05, 4.69) is 15.6 Å². The zero-order valence-corrected chi connectivity index (χ0v) is 14.0. The Kier molecular flexibility index (Phi) is 5.03. The van der Waals surface area contributed by atoms with Crippen molar-refractivity contribution in [2.24, 2.45) is 0 Å². The predicted octanol–water partition coefficient (Wildman–Crippen LogP) is 4.80. The molecule has 0 saturated heterocycles. The Morgan fingerprint density at radius 3 is 2.70 bits per heavy atom. The van der Waals surface area contributed by atoms with Crippen molar-refractivity contribution in [3.05, 3.63) is 52.3 Å². The van der Waals surface area contributed by atoms with E-state index in [0.717, 1.165) is 12.8 Å². The molecule has 0 atom stereocenters. The molecule has 23 heavy (non-hydrogen) atoms. The van der Waals surface area contributed by atoms with Gasteiger partial charge in [0, 0.05) is 17.3 Å². The third kappa shape index (κ3) is 4.15. The van der Waals surface area contributed by atoms with Crippen molar-refractivity contribution in [2.75, 3.05) is 5.32 Å². The molecule has 1 aromatic carbocycles. The lowest BCUT2D eigenvalue weighted by Gasteiger charge is -2.13. The highest BCUT2D eigenvalue weighted by atomic mass is 35.5. The Hall–Kier alpha value is -1.78. The first-order valence-electron chi connectivity index (χ1n) is 7.60. The van der Waals surface area contributed by atoms with Crippen LogP contribution in [0.15, 0.2) is 36.7 Å². The number of aromatic nitrogens is 1. The summed E-state index contributed by atoms with van der Waals surface area (Å²) < 4.78 is 0. The lowest BCUT2D eigenvalue weighted by atomic mass is 10.2. The lowest BCUT2D eigenvalue weighted by molar-refractivity contribution is 0.0937. The van der Waals surface area contributed by atoms with Gasteiger partial charge in [-0.1, -0.05) is 36.0 Å². The summed E-state index contributed by atoms with van der Waals surface area (Å²) in [5.41, 5.74) is 1.89. The molecule has 0 unspecified atom stereocenters. The van der Waals surface area contributed by atoms with Crippen molar-refractivity contribution in [3.8, 4) is 0 Å². The molecule has 4 nitrogen and oxygen atoms in total. The first kappa shape index (κ1) is 16.1. The number of hydrogen-bond acceptors (Lipinski definition) is 3. The van der Waals surface area contributed by atoms with E-state index in [0.29, 0.717) is 27.0 Å². The number of nitrogens with one attached hydrogen (secondary N) is 2. The van der Waals surface area contributed by atoms with E-state index in [1.807, 2.05) is 0 Å². The van der Waals surface area contributed by atoms with E-state index in [4.69, 9.17) is 23.2 Å². The molecule has 120 valence electrons. The Bertz CT molecular complexity index is 715. The number of benzene rings is 1. The van der Waals surface area contributed by atoms with Crippen LogP contribution in [0.3, 0.4) is 0 Å². The molecule has 0 bridgehead atoms. The summed E-state index contributed by atoms with van der Waals surface area (Å²) in [5, 5.41) is 7.33. The van der Waals surface area contributed by atoms with E-state index in [1.165, 1.54) is 12.8 Å². The van der Waals surface area contributed by atoms with Crippen LogP contribution in [-0.4, -0.2) is 16.9 Å². The molecule has 1 aliphatic carbocycles. The highest BCUT2D eigenvalue weighted by Crippen LogP contribution is 2.28. The van der Waals surface area contributed by atoms with Crippen molar-refractivity contribution in [3.63, 3.8) is 0 Å². The van der Waals surface area contributed by atoms with Crippen LogP contribution in [0.5, 0.6) is 0 Å². The SMILES string of the molecule is O=C(NC1CCCC1)c1cncc(Nc2cc(Cl)ccc2Cl)c1. The fourth-order valence-corrected chi connectivity index (χ4v) is 3.06. The summed E-state index contributed by atoms with van der Waals surface area (Å²) in [7, 11) is 0. The molecule has 0 spiro atoms. The number of nitrogens with zero attached hydrogens (tertiary/aromatic N) is 1. The summed E-state index contributed by atoms with van der Waals surface area (Å²) in [6.07, 6.45) is 7.67. The van der Waals surface area contributed by atoms with Gasteiger partial charge in [0.15, 0.2) is 0 Å². The summed E-state index contributed by atoms with van der Waals surface area (Å²) >= 11 is 12.1. The second-order valence-corrected chi connectivity index (χ2v) is 6.51. The van der Waals surface area contributed by atoms with Crippen molar-refractivity contribution >= 4 is 40.5 Å². The minimum Gasteiger partial charge on any atom is -0.353 e.